The van der Waals surface area contributed by atoms with Gasteiger partial charge in [0.1, 0.15) is 11.4 Å². The summed E-state index contributed by atoms with van der Waals surface area (Å²) < 4.78 is 39.1. The van der Waals surface area contributed by atoms with Crippen molar-refractivity contribution in [3.05, 3.63) is 23.9 Å². The standard InChI is InChI=1S/C19H22F3N7/c1-11(12-7-8-12)25-17-28-15(13-5-4-6-14(26-13)19(20,21)22)27-16(29-17)24-10-18(2,3)9-23/h4-6,11-12H,7-8,10H2,1-3H3,(H2,24,25,27,28,29)/t11-/m1/s1. The molecule has 1 fully saturated rings. The molecule has 0 amide bonds. The molecule has 29 heavy (non-hydrogen) atoms. The van der Waals surface area contributed by atoms with E-state index in [-0.39, 0.29) is 36.0 Å². The molecule has 0 unspecified atom stereocenters. The Labute approximate surface area is 166 Å². The average molecular weight is 405 g/mol. The molecule has 7 nitrogen and oxygen atoms in total. The van der Waals surface area contributed by atoms with Crippen LogP contribution in [0.25, 0.3) is 11.5 Å². The molecule has 0 saturated heterocycles. The minimum Gasteiger partial charge on any atom is -0.352 e. The quantitative estimate of drug-likeness (QED) is 0.715. The SMILES string of the molecule is C[C@@H](Nc1nc(NCC(C)(C)C#N)nc(-c2cccc(C(F)(F)F)n2)n1)C1CC1. The number of rotatable bonds is 7. The maximum atomic E-state index is 13.0. The number of aromatic nitrogens is 4. The normalized spacial score (nSPS) is 15.5. The van der Waals surface area contributed by atoms with Crippen molar-refractivity contribution in [1.29, 1.82) is 5.26 Å². The average Bonchev–Trinajstić information content (AvgIpc) is 3.51. The fourth-order valence-corrected chi connectivity index (χ4v) is 2.61. The van der Waals surface area contributed by atoms with Crippen LogP contribution in [0.5, 0.6) is 0 Å². The second kappa shape index (κ2) is 7.81. The molecule has 0 spiro atoms. The molecule has 2 aromatic heterocycles. The van der Waals surface area contributed by atoms with Gasteiger partial charge in [0.25, 0.3) is 0 Å². The summed E-state index contributed by atoms with van der Waals surface area (Å²) in [5, 5.41) is 15.3. The van der Waals surface area contributed by atoms with Gasteiger partial charge >= 0.3 is 6.18 Å². The maximum Gasteiger partial charge on any atom is 0.433 e. The predicted molar refractivity (Wildman–Crippen MR) is 102 cm³/mol. The molecule has 3 rings (SSSR count). The molecule has 0 aromatic carbocycles. The van der Waals surface area contributed by atoms with E-state index < -0.39 is 17.3 Å². The molecule has 2 aromatic rings. The van der Waals surface area contributed by atoms with Crippen LogP contribution in [0.1, 0.15) is 39.3 Å². The number of nitriles is 1. The topological polar surface area (TPSA) is 99.4 Å². The fourth-order valence-electron chi connectivity index (χ4n) is 2.61. The van der Waals surface area contributed by atoms with Gasteiger partial charge in [-0.05, 0) is 51.7 Å². The first kappa shape index (κ1) is 20.8. The molecule has 10 heteroatoms. The molecule has 1 atom stereocenters. The van der Waals surface area contributed by atoms with Crippen LogP contribution in [0.4, 0.5) is 25.1 Å². The maximum absolute atomic E-state index is 13.0. The van der Waals surface area contributed by atoms with Gasteiger partial charge in [0.2, 0.25) is 11.9 Å². The predicted octanol–water partition coefficient (Wildman–Crippen LogP) is 4.12. The van der Waals surface area contributed by atoms with Gasteiger partial charge in [-0.1, -0.05) is 6.07 Å². The van der Waals surface area contributed by atoms with Crippen molar-refractivity contribution in [1.82, 2.24) is 19.9 Å². The molecule has 154 valence electrons. The summed E-state index contributed by atoms with van der Waals surface area (Å²) in [6.07, 6.45) is -2.34. The minimum absolute atomic E-state index is 0.00746. The fraction of sp³-hybridized carbons (Fsp3) is 0.526. The molecular weight excluding hydrogens is 383 g/mol. The Hall–Kier alpha value is -2.96. The molecule has 1 aliphatic rings. The third kappa shape index (κ3) is 5.53. The van der Waals surface area contributed by atoms with Crippen molar-refractivity contribution < 1.29 is 13.2 Å². The van der Waals surface area contributed by atoms with Gasteiger partial charge in [-0.3, -0.25) is 0 Å². The Morgan fingerprint density at radius 2 is 1.83 bits per heavy atom. The summed E-state index contributed by atoms with van der Waals surface area (Å²) >= 11 is 0. The smallest absolute Gasteiger partial charge is 0.352 e. The minimum atomic E-state index is -4.57. The van der Waals surface area contributed by atoms with Crippen LogP contribution in [-0.4, -0.2) is 32.5 Å². The number of alkyl halides is 3. The highest BCUT2D eigenvalue weighted by molar-refractivity contribution is 5.54. The lowest BCUT2D eigenvalue weighted by molar-refractivity contribution is -0.141. The van der Waals surface area contributed by atoms with Crippen molar-refractivity contribution in [2.45, 2.75) is 45.8 Å². The Bertz CT molecular complexity index is 917. The van der Waals surface area contributed by atoms with Gasteiger partial charge in [0.15, 0.2) is 5.82 Å². The van der Waals surface area contributed by atoms with E-state index in [4.69, 9.17) is 0 Å². The van der Waals surface area contributed by atoms with Crippen LogP contribution in [0.3, 0.4) is 0 Å². The van der Waals surface area contributed by atoms with Gasteiger partial charge in [-0.2, -0.15) is 33.4 Å². The summed E-state index contributed by atoms with van der Waals surface area (Å²) in [6, 6.07) is 5.87. The lowest BCUT2D eigenvalue weighted by atomic mass is 9.96. The Morgan fingerprint density at radius 3 is 2.45 bits per heavy atom. The van der Waals surface area contributed by atoms with Gasteiger partial charge in [0.05, 0.1) is 11.5 Å². The van der Waals surface area contributed by atoms with E-state index >= 15 is 0 Å². The Kier molecular flexibility index (Phi) is 5.59. The Balaban J connectivity index is 1.94. The summed E-state index contributed by atoms with van der Waals surface area (Å²) in [5.41, 5.74) is -1.70. The number of halogens is 3. The molecule has 2 N–H and O–H groups in total. The monoisotopic (exact) mass is 405 g/mol. The first-order chi connectivity index (χ1) is 13.6. The number of nitrogens with one attached hydrogen (secondary N) is 2. The second-order valence-corrected chi connectivity index (χ2v) is 7.83. The van der Waals surface area contributed by atoms with E-state index in [1.165, 1.54) is 12.1 Å². The van der Waals surface area contributed by atoms with Crippen LogP contribution < -0.4 is 10.6 Å². The molecule has 0 aliphatic heterocycles. The molecule has 2 heterocycles. The van der Waals surface area contributed by atoms with Gasteiger partial charge in [-0.25, -0.2) is 4.98 Å². The van der Waals surface area contributed by atoms with E-state index in [0.29, 0.717) is 5.92 Å². The number of hydrogen-bond acceptors (Lipinski definition) is 7. The van der Waals surface area contributed by atoms with Crippen LogP contribution in [-0.2, 0) is 6.18 Å². The van der Waals surface area contributed by atoms with E-state index in [9.17, 15) is 18.4 Å². The summed E-state index contributed by atoms with van der Waals surface area (Å²) in [5.74, 6) is 0.971. The Morgan fingerprint density at radius 1 is 1.14 bits per heavy atom. The zero-order valence-corrected chi connectivity index (χ0v) is 16.4. The molecule has 0 radical (unpaired) electrons. The lowest BCUT2D eigenvalue weighted by Crippen LogP contribution is -2.24. The first-order valence-electron chi connectivity index (χ1n) is 9.30. The highest BCUT2D eigenvalue weighted by Crippen LogP contribution is 2.34. The van der Waals surface area contributed by atoms with Crippen molar-refractivity contribution >= 4 is 11.9 Å². The largest absolute Gasteiger partial charge is 0.433 e. The molecular formula is C19H22F3N7. The number of hydrogen-bond donors (Lipinski definition) is 2. The van der Waals surface area contributed by atoms with Crippen LogP contribution >= 0.6 is 0 Å². The second-order valence-electron chi connectivity index (χ2n) is 7.83. The number of anilines is 2. The van der Waals surface area contributed by atoms with Crippen molar-refractivity contribution in [3.8, 4) is 17.6 Å². The van der Waals surface area contributed by atoms with Crippen molar-refractivity contribution in [2.75, 3.05) is 17.2 Å². The third-order valence-corrected chi connectivity index (χ3v) is 4.58. The van der Waals surface area contributed by atoms with Crippen LogP contribution in [0.2, 0.25) is 0 Å². The summed E-state index contributed by atoms with van der Waals surface area (Å²) in [7, 11) is 0. The van der Waals surface area contributed by atoms with E-state index in [1.807, 2.05) is 6.92 Å². The highest BCUT2D eigenvalue weighted by Gasteiger charge is 2.33. The molecule has 0 bridgehead atoms. The summed E-state index contributed by atoms with van der Waals surface area (Å²) in [6.45, 7) is 5.78. The van der Waals surface area contributed by atoms with Gasteiger partial charge in [0, 0.05) is 12.6 Å². The molecule has 1 saturated carbocycles. The van der Waals surface area contributed by atoms with Crippen LogP contribution in [0.15, 0.2) is 18.2 Å². The first-order valence-corrected chi connectivity index (χ1v) is 9.30. The van der Waals surface area contributed by atoms with E-state index in [1.54, 1.807) is 13.8 Å². The van der Waals surface area contributed by atoms with Gasteiger partial charge < -0.3 is 10.6 Å². The highest BCUT2D eigenvalue weighted by atomic mass is 19.4. The number of pyridine rings is 1. The van der Waals surface area contributed by atoms with Crippen molar-refractivity contribution in [3.63, 3.8) is 0 Å². The lowest BCUT2D eigenvalue weighted by Gasteiger charge is -2.18. The van der Waals surface area contributed by atoms with Crippen LogP contribution in [0, 0.1) is 22.7 Å². The third-order valence-electron chi connectivity index (χ3n) is 4.58. The summed E-state index contributed by atoms with van der Waals surface area (Å²) in [4.78, 5) is 16.5. The zero-order valence-electron chi connectivity index (χ0n) is 16.4. The zero-order chi connectivity index (χ0) is 21.2. The van der Waals surface area contributed by atoms with E-state index in [2.05, 4.69) is 36.6 Å². The number of nitrogens with zero attached hydrogens (tertiary/aromatic N) is 5. The van der Waals surface area contributed by atoms with E-state index in [0.717, 1.165) is 18.9 Å². The van der Waals surface area contributed by atoms with Gasteiger partial charge in [-0.15, -0.1) is 0 Å². The van der Waals surface area contributed by atoms with Crippen molar-refractivity contribution in [2.24, 2.45) is 11.3 Å². The molecule has 1 aliphatic carbocycles.